The molecule has 1 aromatic carbocycles. The molecule has 0 unspecified atom stereocenters. The van der Waals surface area contributed by atoms with Gasteiger partial charge < -0.3 is 5.11 Å². The van der Waals surface area contributed by atoms with E-state index in [0.717, 1.165) is 10.5 Å². The Morgan fingerprint density at radius 3 is 2.53 bits per heavy atom. The Kier molecular flexibility index (Phi) is 3.91. The Morgan fingerprint density at radius 1 is 1.40 bits per heavy atom. The van der Waals surface area contributed by atoms with E-state index in [1.165, 1.54) is 18.7 Å². The van der Waals surface area contributed by atoms with Crippen LogP contribution in [-0.4, -0.2) is 23.1 Å². The molecule has 0 aliphatic heterocycles. The highest BCUT2D eigenvalue weighted by atomic mass is 32.2. The molecule has 0 radical (unpaired) electrons. The summed E-state index contributed by atoms with van der Waals surface area (Å²) in [6, 6.07) is 5.10. The number of carbonyl (C=O) groups excluding carboxylic acids is 1. The number of Topliss-reactive ketones (excluding diaryl/α,β-unsaturated/α-hetero) is 1. The number of aromatic carboxylic acids is 1. The summed E-state index contributed by atoms with van der Waals surface area (Å²) in [5.41, 5.74) is 1.01. The molecule has 1 aromatic rings. The fraction of sp³-hybridized carbons (Fsp3) is 0.273. The van der Waals surface area contributed by atoms with Crippen molar-refractivity contribution in [3.63, 3.8) is 0 Å². The van der Waals surface area contributed by atoms with Crippen LogP contribution in [0.1, 0.15) is 22.8 Å². The van der Waals surface area contributed by atoms with Crippen LogP contribution in [0.3, 0.4) is 0 Å². The second-order valence-corrected chi connectivity index (χ2v) is 4.07. The average Bonchev–Trinajstić information content (AvgIpc) is 2.16. The SMILES string of the molecule is CSc1ccc(CC(C)=O)cc1C(=O)O. The molecule has 1 rings (SSSR count). The van der Waals surface area contributed by atoms with Gasteiger partial charge in [-0.25, -0.2) is 4.79 Å². The van der Waals surface area contributed by atoms with Crippen molar-refractivity contribution in [2.24, 2.45) is 0 Å². The predicted octanol–water partition coefficient (Wildman–Crippen LogP) is 2.24. The van der Waals surface area contributed by atoms with Crippen molar-refractivity contribution in [1.29, 1.82) is 0 Å². The fourth-order valence-electron chi connectivity index (χ4n) is 1.32. The van der Waals surface area contributed by atoms with E-state index >= 15 is 0 Å². The van der Waals surface area contributed by atoms with E-state index in [0.29, 0.717) is 0 Å². The number of benzene rings is 1. The van der Waals surface area contributed by atoms with E-state index in [4.69, 9.17) is 5.11 Å². The van der Waals surface area contributed by atoms with Gasteiger partial charge in [0.1, 0.15) is 5.78 Å². The summed E-state index contributed by atoms with van der Waals surface area (Å²) in [5, 5.41) is 8.96. The van der Waals surface area contributed by atoms with Crippen LogP contribution >= 0.6 is 11.8 Å². The third kappa shape index (κ3) is 3.09. The molecule has 3 nitrogen and oxygen atoms in total. The zero-order valence-corrected chi connectivity index (χ0v) is 9.43. The summed E-state index contributed by atoms with van der Waals surface area (Å²) in [7, 11) is 0. The lowest BCUT2D eigenvalue weighted by molar-refractivity contribution is -0.116. The molecule has 0 amide bonds. The topological polar surface area (TPSA) is 54.4 Å². The Hall–Kier alpha value is -1.29. The standard InChI is InChI=1S/C11H12O3S/c1-7(12)5-8-3-4-10(15-2)9(6-8)11(13)14/h3-4,6H,5H2,1-2H3,(H,13,14). The molecule has 15 heavy (non-hydrogen) atoms. The number of carbonyl (C=O) groups is 2. The first-order valence-corrected chi connectivity index (χ1v) is 5.66. The lowest BCUT2D eigenvalue weighted by atomic mass is 10.1. The highest BCUT2D eigenvalue weighted by molar-refractivity contribution is 7.98. The number of rotatable bonds is 4. The van der Waals surface area contributed by atoms with Gasteiger partial charge in [-0.15, -0.1) is 11.8 Å². The van der Waals surface area contributed by atoms with Gasteiger partial charge >= 0.3 is 5.97 Å². The summed E-state index contributed by atoms with van der Waals surface area (Å²) in [6.07, 6.45) is 2.11. The van der Waals surface area contributed by atoms with Gasteiger partial charge in [-0.2, -0.15) is 0 Å². The second kappa shape index (κ2) is 4.98. The summed E-state index contributed by atoms with van der Waals surface area (Å²) in [6.45, 7) is 1.49. The molecule has 0 aliphatic rings. The van der Waals surface area contributed by atoms with Crippen LogP contribution in [0.25, 0.3) is 0 Å². The van der Waals surface area contributed by atoms with Crippen LogP contribution in [0.2, 0.25) is 0 Å². The van der Waals surface area contributed by atoms with Gasteiger partial charge in [-0.1, -0.05) is 6.07 Å². The summed E-state index contributed by atoms with van der Waals surface area (Å²) in [5.74, 6) is -0.923. The maximum absolute atomic E-state index is 10.9. The molecule has 0 fully saturated rings. The van der Waals surface area contributed by atoms with E-state index in [-0.39, 0.29) is 17.8 Å². The molecule has 0 spiro atoms. The number of carboxylic acid groups (broad SMARTS) is 1. The monoisotopic (exact) mass is 224 g/mol. The second-order valence-electron chi connectivity index (χ2n) is 3.22. The zero-order chi connectivity index (χ0) is 11.4. The van der Waals surface area contributed by atoms with Gasteiger partial charge in [-0.3, -0.25) is 4.79 Å². The van der Waals surface area contributed by atoms with Gasteiger partial charge in [0.25, 0.3) is 0 Å². The summed E-state index contributed by atoms with van der Waals surface area (Å²) in [4.78, 5) is 22.5. The first-order valence-electron chi connectivity index (χ1n) is 4.44. The van der Waals surface area contributed by atoms with E-state index in [1.54, 1.807) is 18.2 Å². The van der Waals surface area contributed by atoms with Crippen molar-refractivity contribution in [2.45, 2.75) is 18.2 Å². The van der Waals surface area contributed by atoms with E-state index in [2.05, 4.69) is 0 Å². The first-order chi connectivity index (χ1) is 7.04. The number of carboxylic acids is 1. The normalized spacial score (nSPS) is 10.0. The minimum Gasteiger partial charge on any atom is -0.478 e. The van der Waals surface area contributed by atoms with Crippen LogP contribution in [0.5, 0.6) is 0 Å². The maximum Gasteiger partial charge on any atom is 0.336 e. The molecule has 0 aliphatic carbocycles. The molecule has 0 saturated carbocycles. The lowest BCUT2D eigenvalue weighted by Crippen LogP contribution is -2.02. The van der Waals surface area contributed by atoms with Crippen molar-refractivity contribution < 1.29 is 14.7 Å². The van der Waals surface area contributed by atoms with E-state index < -0.39 is 5.97 Å². The molecule has 0 saturated heterocycles. The number of hydrogen-bond donors (Lipinski definition) is 1. The molecule has 0 bridgehead atoms. The van der Waals surface area contributed by atoms with Crippen LogP contribution < -0.4 is 0 Å². The van der Waals surface area contributed by atoms with E-state index in [9.17, 15) is 9.59 Å². The van der Waals surface area contributed by atoms with Crippen molar-refractivity contribution in [3.05, 3.63) is 29.3 Å². The van der Waals surface area contributed by atoms with Crippen molar-refractivity contribution in [2.75, 3.05) is 6.26 Å². The lowest BCUT2D eigenvalue weighted by Gasteiger charge is -2.05. The van der Waals surface area contributed by atoms with E-state index in [1.807, 2.05) is 6.26 Å². The number of hydrogen-bond acceptors (Lipinski definition) is 3. The van der Waals surface area contributed by atoms with Gasteiger partial charge in [0.2, 0.25) is 0 Å². The molecular formula is C11H12O3S. The van der Waals surface area contributed by atoms with Crippen molar-refractivity contribution in [1.82, 2.24) is 0 Å². The van der Waals surface area contributed by atoms with Gasteiger partial charge in [0.15, 0.2) is 0 Å². The maximum atomic E-state index is 10.9. The summed E-state index contributed by atoms with van der Waals surface area (Å²) >= 11 is 1.39. The quantitative estimate of drug-likeness (QED) is 0.797. The van der Waals surface area contributed by atoms with Crippen molar-refractivity contribution >= 4 is 23.5 Å². The average molecular weight is 224 g/mol. The third-order valence-electron chi connectivity index (χ3n) is 1.95. The summed E-state index contributed by atoms with van der Waals surface area (Å²) < 4.78 is 0. The Morgan fingerprint density at radius 2 is 2.07 bits per heavy atom. The number of thioether (sulfide) groups is 1. The Labute approximate surface area is 92.5 Å². The molecule has 0 heterocycles. The molecule has 80 valence electrons. The first kappa shape index (κ1) is 11.8. The smallest absolute Gasteiger partial charge is 0.336 e. The zero-order valence-electron chi connectivity index (χ0n) is 8.61. The molecular weight excluding hydrogens is 212 g/mol. The molecule has 0 atom stereocenters. The van der Waals surface area contributed by atoms with Crippen LogP contribution in [0, 0.1) is 0 Å². The third-order valence-corrected chi connectivity index (χ3v) is 2.74. The Bertz CT molecular complexity index is 399. The van der Waals surface area contributed by atoms with Crippen molar-refractivity contribution in [3.8, 4) is 0 Å². The number of ketones is 1. The minimum absolute atomic E-state index is 0.0308. The highest BCUT2D eigenvalue weighted by Crippen LogP contribution is 2.22. The largest absolute Gasteiger partial charge is 0.478 e. The highest BCUT2D eigenvalue weighted by Gasteiger charge is 2.10. The van der Waals surface area contributed by atoms with Crippen LogP contribution in [0.15, 0.2) is 23.1 Å². The van der Waals surface area contributed by atoms with Crippen LogP contribution in [-0.2, 0) is 11.2 Å². The predicted molar refractivity (Wildman–Crippen MR) is 59.6 cm³/mol. The molecule has 0 aromatic heterocycles. The molecule has 1 N–H and O–H groups in total. The Balaban J connectivity index is 3.10. The minimum atomic E-state index is -0.954. The van der Waals surface area contributed by atoms with Gasteiger partial charge in [0, 0.05) is 11.3 Å². The van der Waals surface area contributed by atoms with Gasteiger partial charge in [0.05, 0.1) is 5.56 Å². The van der Waals surface area contributed by atoms with Gasteiger partial charge in [-0.05, 0) is 30.9 Å². The van der Waals surface area contributed by atoms with Crippen LogP contribution in [0.4, 0.5) is 0 Å². The fourth-order valence-corrected chi connectivity index (χ4v) is 1.89. The molecule has 4 heteroatoms.